The minimum absolute atomic E-state index is 0.462. The van der Waals surface area contributed by atoms with E-state index in [1.165, 1.54) is 11.9 Å². The van der Waals surface area contributed by atoms with Gasteiger partial charge in [0.1, 0.15) is 24.6 Å². The van der Waals surface area contributed by atoms with Crippen molar-refractivity contribution >= 4 is 11.8 Å². The molecule has 0 atom stereocenters. The highest BCUT2D eigenvalue weighted by Gasteiger charge is 2.07. The number of hydrogen-bond acceptors (Lipinski definition) is 4. The third-order valence-electron chi connectivity index (χ3n) is 4.39. The maximum absolute atomic E-state index is 5.46. The molecule has 0 amide bonds. The molecule has 0 bridgehead atoms. The van der Waals surface area contributed by atoms with Gasteiger partial charge in [-0.2, -0.15) is 5.10 Å². The summed E-state index contributed by atoms with van der Waals surface area (Å²) in [6.07, 6.45) is 6.62. The van der Waals surface area contributed by atoms with Crippen LogP contribution in [-0.4, -0.2) is 20.5 Å². The Bertz CT molecular complexity index is 1070. The van der Waals surface area contributed by atoms with Gasteiger partial charge >= 0.3 is 0 Å². The van der Waals surface area contributed by atoms with Gasteiger partial charge < -0.3 is 4.84 Å². The van der Waals surface area contributed by atoms with Gasteiger partial charge in [0.25, 0.3) is 0 Å². The van der Waals surface area contributed by atoms with Crippen molar-refractivity contribution in [3.63, 3.8) is 0 Å². The largest absolute Gasteiger partial charge is 0.364 e. The molecular weight excluding hydrogens is 360 g/mol. The zero-order valence-electron chi connectivity index (χ0n) is 15.8. The number of rotatable bonds is 7. The van der Waals surface area contributed by atoms with Crippen LogP contribution < -0.4 is 0 Å². The summed E-state index contributed by atoms with van der Waals surface area (Å²) in [7, 11) is 0. The molecule has 0 saturated heterocycles. The van der Waals surface area contributed by atoms with E-state index in [1.54, 1.807) is 17.3 Å². The summed E-state index contributed by atoms with van der Waals surface area (Å²) in [5.74, 6) is 0. The van der Waals surface area contributed by atoms with E-state index < -0.39 is 0 Å². The molecule has 0 fully saturated rings. The molecule has 3 aromatic carbocycles. The topological polar surface area (TPSA) is 52.3 Å². The van der Waals surface area contributed by atoms with E-state index in [0.29, 0.717) is 6.54 Å². The first-order valence-electron chi connectivity index (χ1n) is 9.31. The van der Waals surface area contributed by atoms with Crippen LogP contribution in [0.4, 0.5) is 0 Å². The van der Waals surface area contributed by atoms with Crippen molar-refractivity contribution in [3.8, 4) is 11.1 Å². The van der Waals surface area contributed by atoms with Gasteiger partial charge in [-0.3, -0.25) is 0 Å². The summed E-state index contributed by atoms with van der Waals surface area (Å²) in [5, 5.41) is 8.50. The van der Waals surface area contributed by atoms with Crippen molar-refractivity contribution in [1.29, 1.82) is 0 Å². The number of hydrogen-bond donors (Lipinski definition) is 0. The predicted octanol–water partition coefficient (Wildman–Crippen LogP) is 5.04. The highest BCUT2D eigenvalue weighted by atomic mass is 16.6. The molecule has 0 aliphatic carbocycles. The van der Waals surface area contributed by atoms with Gasteiger partial charge in [-0.25, -0.2) is 9.67 Å². The Morgan fingerprint density at radius 1 is 0.862 bits per heavy atom. The molecule has 0 radical (unpaired) electrons. The van der Waals surface area contributed by atoms with Crippen molar-refractivity contribution in [2.24, 2.45) is 5.16 Å². The SMILES string of the molecule is C(=Cc1ccccc1)ON=C(Cn1cncn1)c1ccc(-c2ccccc2)cc1. The lowest BCUT2D eigenvalue weighted by molar-refractivity contribution is 0.269. The number of nitrogens with zero attached hydrogens (tertiary/aromatic N) is 4. The first-order valence-corrected chi connectivity index (χ1v) is 9.31. The fourth-order valence-corrected chi connectivity index (χ4v) is 2.89. The van der Waals surface area contributed by atoms with Crippen molar-refractivity contribution in [3.05, 3.63) is 115 Å². The molecule has 29 heavy (non-hydrogen) atoms. The zero-order valence-corrected chi connectivity index (χ0v) is 15.8. The Morgan fingerprint density at radius 3 is 2.24 bits per heavy atom. The Labute approximate surface area is 169 Å². The Kier molecular flexibility index (Phi) is 5.88. The second-order valence-corrected chi connectivity index (χ2v) is 6.39. The maximum atomic E-state index is 5.46. The van der Waals surface area contributed by atoms with Crippen LogP contribution in [0.25, 0.3) is 17.2 Å². The third kappa shape index (κ3) is 5.05. The summed E-state index contributed by atoms with van der Waals surface area (Å²) < 4.78 is 1.72. The second kappa shape index (κ2) is 9.28. The molecule has 142 valence electrons. The fraction of sp³-hybridized carbons (Fsp3) is 0.0417. The molecular formula is C24H20N4O. The normalized spacial score (nSPS) is 11.7. The molecule has 0 aliphatic rings. The Balaban J connectivity index is 1.54. The lowest BCUT2D eigenvalue weighted by atomic mass is 10.0. The van der Waals surface area contributed by atoms with Crippen LogP contribution in [0.3, 0.4) is 0 Å². The molecule has 4 rings (SSSR count). The number of benzene rings is 3. The van der Waals surface area contributed by atoms with Gasteiger partial charge in [0.2, 0.25) is 0 Å². The summed E-state index contributed by atoms with van der Waals surface area (Å²) in [6, 6.07) is 28.5. The van der Waals surface area contributed by atoms with Crippen LogP contribution in [0.15, 0.2) is 109 Å². The van der Waals surface area contributed by atoms with E-state index in [4.69, 9.17) is 4.84 Å². The fourth-order valence-electron chi connectivity index (χ4n) is 2.89. The predicted molar refractivity (Wildman–Crippen MR) is 115 cm³/mol. The van der Waals surface area contributed by atoms with Gasteiger partial charge in [-0.05, 0) is 22.8 Å². The lowest BCUT2D eigenvalue weighted by Gasteiger charge is -2.08. The number of aromatic nitrogens is 3. The molecule has 0 spiro atoms. The molecule has 0 saturated carbocycles. The van der Waals surface area contributed by atoms with Gasteiger partial charge in [0.05, 0.1) is 6.54 Å². The average Bonchev–Trinajstić information content (AvgIpc) is 3.31. The summed E-state index contributed by atoms with van der Waals surface area (Å²) in [6.45, 7) is 0.462. The zero-order chi connectivity index (χ0) is 19.7. The minimum Gasteiger partial charge on any atom is -0.364 e. The van der Waals surface area contributed by atoms with Gasteiger partial charge in [-0.15, -0.1) is 0 Å². The van der Waals surface area contributed by atoms with Crippen LogP contribution in [0.2, 0.25) is 0 Å². The van der Waals surface area contributed by atoms with Crippen molar-refractivity contribution in [2.75, 3.05) is 0 Å². The van der Waals surface area contributed by atoms with Gasteiger partial charge in [-0.1, -0.05) is 90.1 Å². The van der Waals surface area contributed by atoms with E-state index in [-0.39, 0.29) is 0 Å². The Morgan fingerprint density at radius 2 is 1.55 bits per heavy atom. The smallest absolute Gasteiger partial charge is 0.137 e. The maximum Gasteiger partial charge on any atom is 0.137 e. The third-order valence-corrected chi connectivity index (χ3v) is 4.39. The standard InChI is InChI=1S/C24H20N4O/c1-3-7-20(8-4-1)15-16-29-27-24(17-28-19-25-18-26-28)23-13-11-22(12-14-23)21-9-5-2-6-10-21/h1-16,18-19H,17H2. The quantitative estimate of drug-likeness (QED) is 0.256. The molecule has 4 aromatic rings. The van der Waals surface area contributed by atoms with Crippen LogP contribution >= 0.6 is 0 Å². The summed E-state index contributed by atoms with van der Waals surface area (Å²) in [4.78, 5) is 9.46. The highest BCUT2D eigenvalue weighted by Crippen LogP contribution is 2.20. The minimum atomic E-state index is 0.462. The first kappa shape index (κ1) is 18.4. The van der Waals surface area contributed by atoms with Crippen molar-refractivity contribution in [1.82, 2.24) is 14.8 Å². The monoisotopic (exact) mass is 380 g/mol. The molecule has 0 aliphatic heterocycles. The van der Waals surface area contributed by atoms with E-state index in [0.717, 1.165) is 22.4 Å². The average molecular weight is 380 g/mol. The van der Waals surface area contributed by atoms with Crippen LogP contribution in [0, 0.1) is 0 Å². The van der Waals surface area contributed by atoms with Crippen molar-refractivity contribution < 1.29 is 4.84 Å². The van der Waals surface area contributed by atoms with Crippen LogP contribution in [0.1, 0.15) is 11.1 Å². The Hall–Kier alpha value is -3.99. The van der Waals surface area contributed by atoms with Gasteiger partial charge in [0.15, 0.2) is 0 Å². The molecule has 1 heterocycles. The molecule has 1 aromatic heterocycles. The lowest BCUT2D eigenvalue weighted by Crippen LogP contribution is -2.12. The van der Waals surface area contributed by atoms with E-state index in [2.05, 4.69) is 39.5 Å². The van der Waals surface area contributed by atoms with Gasteiger partial charge in [0, 0.05) is 5.56 Å². The van der Waals surface area contributed by atoms with Crippen LogP contribution in [-0.2, 0) is 11.4 Å². The molecule has 5 nitrogen and oxygen atoms in total. The highest BCUT2D eigenvalue weighted by molar-refractivity contribution is 6.00. The second-order valence-electron chi connectivity index (χ2n) is 6.39. The molecule has 0 unspecified atom stereocenters. The molecule has 5 heteroatoms. The van der Waals surface area contributed by atoms with Crippen LogP contribution in [0.5, 0.6) is 0 Å². The van der Waals surface area contributed by atoms with Crippen molar-refractivity contribution in [2.45, 2.75) is 6.54 Å². The summed E-state index contributed by atoms with van der Waals surface area (Å²) >= 11 is 0. The van der Waals surface area contributed by atoms with E-state index in [9.17, 15) is 0 Å². The molecule has 0 N–H and O–H groups in total. The summed E-state index contributed by atoms with van der Waals surface area (Å²) in [5.41, 5.74) is 5.10. The first-order chi connectivity index (χ1) is 14.4. The number of oxime groups is 1. The van der Waals surface area contributed by atoms with E-state index in [1.807, 2.05) is 66.7 Å². The van der Waals surface area contributed by atoms with E-state index >= 15 is 0 Å².